The van der Waals surface area contributed by atoms with Crippen molar-refractivity contribution in [1.82, 2.24) is 10.2 Å². The topological polar surface area (TPSA) is 108 Å². The van der Waals surface area contributed by atoms with Crippen LogP contribution in [0.1, 0.15) is 60.3 Å². The maximum atomic E-state index is 14.0. The fourth-order valence-corrected chi connectivity index (χ4v) is 7.83. The first-order valence-electron chi connectivity index (χ1n) is 13.2. The number of alkyl halides is 1. The SMILES string of the molecule is CC(C)(C)CC(C)(C)NC(=O)C1N(CCCCO)C(=O)[C@@H]2[C@@H](C(=O)Nc3ccccc3)[C@@H]3OC12CC3Br. The molecule has 3 unspecified atom stereocenters. The molecule has 9 heteroatoms. The monoisotopic (exact) mass is 577 g/mol. The van der Waals surface area contributed by atoms with Gasteiger partial charge in [0.15, 0.2) is 0 Å². The number of carbonyl (C=O) groups is 3. The molecular formula is C28H40BrN3O5. The Kier molecular flexibility index (Phi) is 7.81. The van der Waals surface area contributed by atoms with E-state index in [-0.39, 0.29) is 34.6 Å². The maximum Gasteiger partial charge on any atom is 0.246 e. The van der Waals surface area contributed by atoms with Crippen LogP contribution in [-0.4, -0.2) is 69.0 Å². The van der Waals surface area contributed by atoms with E-state index in [0.717, 1.165) is 6.42 Å². The molecule has 0 aromatic heterocycles. The number of amides is 3. The molecule has 0 aliphatic carbocycles. The summed E-state index contributed by atoms with van der Waals surface area (Å²) in [5.74, 6) is -2.21. The number of para-hydroxylation sites is 1. The van der Waals surface area contributed by atoms with E-state index in [0.29, 0.717) is 31.5 Å². The van der Waals surface area contributed by atoms with Crippen LogP contribution < -0.4 is 10.6 Å². The Morgan fingerprint density at radius 3 is 2.43 bits per heavy atom. The summed E-state index contributed by atoms with van der Waals surface area (Å²) >= 11 is 3.70. The van der Waals surface area contributed by atoms with Crippen LogP contribution >= 0.6 is 15.9 Å². The molecule has 3 saturated heterocycles. The van der Waals surface area contributed by atoms with Gasteiger partial charge in [-0.05, 0) is 57.1 Å². The number of anilines is 1. The number of carbonyl (C=O) groups excluding carboxylic acids is 3. The Balaban J connectivity index is 1.66. The lowest BCUT2D eigenvalue weighted by Crippen LogP contribution is -2.59. The van der Waals surface area contributed by atoms with E-state index in [4.69, 9.17) is 4.74 Å². The van der Waals surface area contributed by atoms with Crippen molar-refractivity contribution < 1.29 is 24.2 Å². The summed E-state index contributed by atoms with van der Waals surface area (Å²) in [6, 6.07) is 8.31. The van der Waals surface area contributed by atoms with Crippen molar-refractivity contribution in [3.8, 4) is 0 Å². The first-order chi connectivity index (χ1) is 17.3. The van der Waals surface area contributed by atoms with Gasteiger partial charge in [0.05, 0.1) is 17.9 Å². The zero-order chi connectivity index (χ0) is 27.2. The zero-order valence-electron chi connectivity index (χ0n) is 22.4. The van der Waals surface area contributed by atoms with Crippen molar-refractivity contribution in [1.29, 1.82) is 0 Å². The molecular weight excluding hydrogens is 538 g/mol. The Morgan fingerprint density at radius 1 is 1.14 bits per heavy atom. The number of aliphatic hydroxyl groups is 1. The zero-order valence-corrected chi connectivity index (χ0v) is 24.0. The maximum absolute atomic E-state index is 14.0. The standard InChI is InChI=1S/C28H40BrN3O5/c1-26(2,3)16-27(4,5)31-24(35)22-28-15-18(29)21(37-28)19(23(34)30-17-11-7-6-8-12-17)20(28)25(36)32(22)13-9-10-14-33/h6-8,11-12,18-22,33H,9-10,13-16H2,1-5H3,(H,30,34)(H,31,35)/t18?,19-,20+,21-,22?,28?/m1/s1. The van der Waals surface area contributed by atoms with E-state index >= 15 is 0 Å². The molecule has 3 aliphatic rings. The molecule has 37 heavy (non-hydrogen) atoms. The summed E-state index contributed by atoms with van der Waals surface area (Å²) in [6.07, 6.45) is 1.79. The van der Waals surface area contributed by atoms with Crippen LogP contribution in [0.25, 0.3) is 0 Å². The highest BCUT2D eigenvalue weighted by Crippen LogP contribution is 2.60. The Bertz CT molecular complexity index is 1030. The molecule has 4 rings (SSSR count). The molecule has 8 nitrogen and oxygen atoms in total. The average Bonchev–Trinajstić information content (AvgIpc) is 3.36. The van der Waals surface area contributed by atoms with E-state index in [9.17, 15) is 19.5 Å². The lowest BCUT2D eigenvalue weighted by atomic mass is 9.70. The van der Waals surface area contributed by atoms with Crippen LogP contribution in [-0.2, 0) is 19.1 Å². The van der Waals surface area contributed by atoms with Gasteiger partial charge >= 0.3 is 0 Å². The number of hydrogen-bond acceptors (Lipinski definition) is 5. The molecule has 0 saturated carbocycles. The molecule has 0 radical (unpaired) electrons. The number of halogens is 1. The quantitative estimate of drug-likeness (QED) is 0.307. The van der Waals surface area contributed by atoms with Crippen LogP contribution in [0.5, 0.6) is 0 Å². The summed E-state index contributed by atoms with van der Waals surface area (Å²) in [5, 5.41) is 15.5. The van der Waals surface area contributed by atoms with Crippen LogP contribution in [0.15, 0.2) is 30.3 Å². The van der Waals surface area contributed by atoms with Gasteiger partial charge in [0.25, 0.3) is 0 Å². The minimum absolute atomic E-state index is 0.00615. The number of hydrogen-bond donors (Lipinski definition) is 3. The van der Waals surface area contributed by atoms with Gasteiger partial charge in [-0.1, -0.05) is 54.9 Å². The highest BCUT2D eigenvalue weighted by molar-refractivity contribution is 9.09. The second-order valence-corrected chi connectivity index (χ2v) is 13.8. The molecule has 1 spiro atoms. The van der Waals surface area contributed by atoms with E-state index in [1.807, 2.05) is 32.0 Å². The number of benzene rings is 1. The van der Waals surface area contributed by atoms with E-state index in [1.165, 1.54) is 0 Å². The van der Waals surface area contributed by atoms with Crippen molar-refractivity contribution in [3.05, 3.63) is 30.3 Å². The number of fused-ring (bicyclic) bond motifs is 1. The van der Waals surface area contributed by atoms with Crippen LogP contribution in [0, 0.1) is 17.3 Å². The van der Waals surface area contributed by atoms with Gasteiger partial charge in [-0.3, -0.25) is 14.4 Å². The first-order valence-corrected chi connectivity index (χ1v) is 14.1. The van der Waals surface area contributed by atoms with Crippen molar-refractivity contribution in [3.63, 3.8) is 0 Å². The molecule has 3 heterocycles. The fraction of sp³-hybridized carbons (Fsp3) is 0.679. The molecule has 3 amide bonds. The van der Waals surface area contributed by atoms with E-state index < -0.39 is 35.1 Å². The number of likely N-dealkylation sites (tertiary alicyclic amines) is 1. The smallest absolute Gasteiger partial charge is 0.246 e. The van der Waals surface area contributed by atoms with Gasteiger partial charge in [0.2, 0.25) is 17.7 Å². The summed E-state index contributed by atoms with van der Waals surface area (Å²) < 4.78 is 6.54. The molecule has 1 aromatic rings. The number of unbranched alkanes of at least 4 members (excludes halogenated alkanes) is 1. The molecule has 6 atom stereocenters. The molecule has 1 aromatic carbocycles. The number of nitrogens with one attached hydrogen (secondary N) is 2. The van der Waals surface area contributed by atoms with Crippen LogP contribution in [0.2, 0.25) is 0 Å². The van der Waals surface area contributed by atoms with Gasteiger partial charge in [0, 0.05) is 29.2 Å². The third kappa shape index (κ3) is 5.45. The van der Waals surface area contributed by atoms with Gasteiger partial charge in [-0.2, -0.15) is 0 Å². The summed E-state index contributed by atoms with van der Waals surface area (Å²) in [6.45, 7) is 10.7. The first kappa shape index (κ1) is 28.0. The highest BCUT2D eigenvalue weighted by Gasteiger charge is 2.76. The molecule has 2 bridgehead atoms. The Labute approximate surface area is 228 Å². The van der Waals surface area contributed by atoms with E-state index in [1.54, 1.807) is 17.0 Å². The number of nitrogens with zero attached hydrogens (tertiary/aromatic N) is 1. The third-order valence-corrected chi connectivity index (χ3v) is 8.47. The van der Waals surface area contributed by atoms with Gasteiger partial charge < -0.3 is 25.4 Å². The largest absolute Gasteiger partial charge is 0.396 e. The predicted molar refractivity (Wildman–Crippen MR) is 145 cm³/mol. The highest BCUT2D eigenvalue weighted by atomic mass is 79.9. The van der Waals surface area contributed by atoms with Crippen molar-refractivity contribution in [2.75, 3.05) is 18.5 Å². The fourth-order valence-electron chi connectivity index (χ4n) is 6.88. The van der Waals surface area contributed by atoms with Gasteiger partial charge in [0.1, 0.15) is 11.6 Å². The Hall–Kier alpha value is -1.97. The summed E-state index contributed by atoms with van der Waals surface area (Å²) in [7, 11) is 0. The molecule has 3 fully saturated rings. The molecule has 3 N–H and O–H groups in total. The molecule has 3 aliphatic heterocycles. The van der Waals surface area contributed by atoms with E-state index in [2.05, 4.69) is 47.3 Å². The second kappa shape index (κ2) is 10.3. The second-order valence-electron chi connectivity index (χ2n) is 12.6. The minimum Gasteiger partial charge on any atom is -0.396 e. The normalized spacial score (nSPS) is 30.9. The molecule has 204 valence electrons. The summed E-state index contributed by atoms with van der Waals surface area (Å²) in [5.41, 5.74) is -0.944. The Morgan fingerprint density at radius 2 is 1.81 bits per heavy atom. The van der Waals surface area contributed by atoms with Gasteiger partial charge in [-0.15, -0.1) is 0 Å². The minimum atomic E-state index is -1.09. The lowest BCUT2D eigenvalue weighted by molar-refractivity contribution is -0.142. The predicted octanol–water partition coefficient (Wildman–Crippen LogP) is 3.48. The number of ether oxygens (including phenoxy) is 1. The lowest BCUT2D eigenvalue weighted by Gasteiger charge is -2.38. The van der Waals surface area contributed by atoms with Crippen LogP contribution in [0.3, 0.4) is 0 Å². The average molecular weight is 579 g/mol. The van der Waals surface area contributed by atoms with Crippen molar-refractivity contribution in [2.45, 2.75) is 88.4 Å². The van der Waals surface area contributed by atoms with Gasteiger partial charge in [-0.25, -0.2) is 0 Å². The van der Waals surface area contributed by atoms with Crippen LogP contribution in [0.4, 0.5) is 5.69 Å². The third-order valence-electron chi connectivity index (χ3n) is 7.62. The number of aliphatic hydroxyl groups excluding tert-OH is 1. The van der Waals surface area contributed by atoms with Crippen molar-refractivity contribution in [2.24, 2.45) is 17.3 Å². The van der Waals surface area contributed by atoms with Crippen molar-refractivity contribution >= 4 is 39.3 Å². The summed E-state index contributed by atoms with van der Waals surface area (Å²) in [4.78, 5) is 42.9. The number of rotatable bonds is 9.